The summed E-state index contributed by atoms with van der Waals surface area (Å²) in [6.07, 6.45) is 6.04. The van der Waals surface area contributed by atoms with E-state index in [9.17, 15) is 24.6 Å². The van der Waals surface area contributed by atoms with E-state index in [0.29, 0.717) is 25.0 Å². The first kappa shape index (κ1) is 26.8. The second kappa shape index (κ2) is 9.34. The van der Waals surface area contributed by atoms with Crippen LogP contribution in [0.25, 0.3) is 0 Å². The standard InChI is InChI=1S/C29H36O10/c1-17-6-9-27-15-35-24(33)12-18-7-10-36-28(25(18)34,19(31)14-30)8-4-3-5-23(32)39-20-13-22(38-21(27)11-17)29(16-37-29)26(20,27)2/h3,5,11-12,20-22,25,30,34H,4,6-10,13-16H2,1-2H3/t20-,21-,22-,25-,26-,27-,28-,29+/m1/s1. The largest absolute Gasteiger partial charge is 0.462 e. The molecule has 0 amide bonds. The zero-order chi connectivity index (χ0) is 27.6. The lowest BCUT2D eigenvalue weighted by Gasteiger charge is -2.58. The molecule has 0 aromatic heterocycles. The van der Waals surface area contributed by atoms with E-state index in [1.807, 2.05) is 0 Å². The smallest absolute Gasteiger partial charge is 0.330 e. The average molecular weight is 545 g/mol. The number of hydrogen-bond donors (Lipinski definition) is 2. The Labute approximate surface area is 226 Å². The number of Topliss-reactive ketones (excluding diaryl/α,β-unsaturated/α-hetero) is 1. The molecule has 0 aromatic rings. The lowest BCUT2D eigenvalue weighted by molar-refractivity contribution is -0.232. The van der Waals surface area contributed by atoms with Gasteiger partial charge < -0.3 is 33.9 Å². The molecule has 0 aromatic carbocycles. The number of ketones is 1. The number of rotatable bonds is 2. The lowest BCUT2D eigenvalue weighted by Crippen LogP contribution is -2.66. The Morgan fingerprint density at radius 2 is 1.90 bits per heavy atom. The van der Waals surface area contributed by atoms with Crippen LogP contribution >= 0.6 is 0 Å². The molecule has 8 atom stereocenters. The molecule has 6 rings (SSSR count). The maximum absolute atomic E-state index is 13.2. The van der Waals surface area contributed by atoms with Gasteiger partial charge in [0.25, 0.3) is 0 Å². The van der Waals surface area contributed by atoms with Crippen molar-refractivity contribution in [2.45, 2.75) is 88.0 Å². The van der Waals surface area contributed by atoms with E-state index in [4.69, 9.17) is 23.7 Å². The minimum Gasteiger partial charge on any atom is -0.462 e. The van der Waals surface area contributed by atoms with Crippen molar-refractivity contribution in [1.82, 2.24) is 0 Å². The van der Waals surface area contributed by atoms with Gasteiger partial charge in [-0.3, -0.25) is 4.79 Å². The number of allylic oxidation sites excluding steroid dienone is 2. The van der Waals surface area contributed by atoms with Crippen LogP contribution in [0.2, 0.25) is 0 Å². The van der Waals surface area contributed by atoms with E-state index in [1.165, 1.54) is 17.7 Å². The topological polar surface area (TPSA) is 141 Å². The van der Waals surface area contributed by atoms with E-state index in [1.54, 1.807) is 6.08 Å². The third kappa shape index (κ3) is 3.75. The molecule has 2 aliphatic carbocycles. The first-order valence-corrected chi connectivity index (χ1v) is 13.8. The Balaban J connectivity index is 1.41. The van der Waals surface area contributed by atoms with Gasteiger partial charge in [-0.1, -0.05) is 24.6 Å². The van der Waals surface area contributed by atoms with Crippen molar-refractivity contribution in [3.05, 3.63) is 35.5 Å². The lowest BCUT2D eigenvalue weighted by atomic mass is 9.51. The molecule has 2 spiro atoms. The van der Waals surface area contributed by atoms with Crippen LogP contribution in [-0.2, 0) is 38.1 Å². The molecule has 1 saturated carbocycles. The fourth-order valence-corrected chi connectivity index (χ4v) is 7.92. The zero-order valence-corrected chi connectivity index (χ0v) is 22.4. The predicted molar refractivity (Wildman–Crippen MR) is 134 cm³/mol. The summed E-state index contributed by atoms with van der Waals surface area (Å²) in [7, 11) is 0. The second-order valence-corrected chi connectivity index (χ2v) is 12.0. The van der Waals surface area contributed by atoms with Gasteiger partial charge >= 0.3 is 11.9 Å². The van der Waals surface area contributed by atoms with Crippen molar-refractivity contribution >= 4 is 17.7 Å². The van der Waals surface area contributed by atoms with E-state index >= 15 is 0 Å². The molecule has 4 heterocycles. The summed E-state index contributed by atoms with van der Waals surface area (Å²) in [6.45, 7) is 3.88. The maximum atomic E-state index is 13.2. The number of aliphatic hydroxyl groups is 2. The van der Waals surface area contributed by atoms with Gasteiger partial charge in [0.15, 0.2) is 11.4 Å². The molecule has 10 heteroatoms. The molecular weight excluding hydrogens is 508 g/mol. The number of carbonyl (C=O) groups excluding carboxylic acids is 3. The number of aliphatic hydroxyl groups excluding tert-OH is 2. The van der Waals surface area contributed by atoms with Gasteiger partial charge in [0.2, 0.25) is 0 Å². The summed E-state index contributed by atoms with van der Waals surface area (Å²) in [5, 5.41) is 20.8. The normalized spacial score (nSPS) is 45.5. The van der Waals surface area contributed by atoms with Crippen molar-refractivity contribution in [3.63, 3.8) is 0 Å². The van der Waals surface area contributed by atoms with E-state index < -0.39 is 58.6 Å². The number of esters is 2. The van der Waals surface area contributed by atoms with Crippen LogP contribution in [0.3, 0.4) is 0 Å². The Morgan fingerprint density at radius 1 is 1.10 bits per heavy atom. The summed E-state index contributed by atoms with van der Waals surface area (Å²) in [6, 6.07) is 0. The highest BCUT2D eigenvalue weighted by atomic mass is 16.6. The molecule has 6 aliphatic rings. The van der Waals surface area contributed by atoms with Gasteiger partial charge in [0.1, 0.15) is 31.0 Å². The van der Waals surface area contributed by atoms with E-state index in [-0.39, 0.29) is 44.7 Å². The van der Waals surface area contributed by atoms with Crippen LogP contribution in [0, 0.1) is 10.8 Å². The number of epoxide rings is 1. The van der Waals surface area contributed by atoms with Crippen molar-refractivity contribution in [3.8, 4) is 0 Å². The second-order valence-electron chi connectivity index (χ2n) is 12.0. The monoisotopic (exact) mass is 544 g/mol. The summed E-state index contributed by atoms with van der Waals surface area (Å²) in [5.41, 5.74) is -2.22. The van der Waals surface area contributed by atoms with Gasteiger partial charge in [-0.2, -0.15) is 0 Å². The van der Waals surface area contributed by atoms with Gasteiger partial charge in [0, 0.05) is 24.0 Å². The molecule has 4 aliphatic heterocycles. The van der Waals surface area contributed by atoms with E-state index in [0.717, 1.165) is 6.42 Å². The molecule has 0 unspecified atom stereocenters. The molecule has 4 fully saturated rings. The van der Waals surface area contributed by atoms with Crippen LogP contribution in [0.15, 0.2) is 35.5 Å². The summed E-state index contributed by atoms with van der Waals surface area (Å²) < 4.78 is 30.5. The summed E-state index contributed by atoms with van der Waals surface area (Å²) in [5.74, 6) is -1.87. The zero-order valence-electron chi connectivity index (χ0n) is 22.4. The van der Waals surface area contributed by atoms with Crippen LogP contribution in [0.5, 0.6) is 0 Å². The third-order valence-corrected chi connectivity index (χ3v) is 10.3. The molecule has 2 N–H and O–H groups in total. The molecule has 10 nitrogen and oxygen atoms in total. The minimum absolute atomic E-state index is 0.00815. The number of hydrogen-bond acceptors (Lipinski definition) is 10. The fraction of sp³-hybridized carbons (Fsp3) is 0.690. The highest BCUT2D eigenvalue weighted by Gasteiger charge is 2.83. The summed E-state index contributed by atoms with van der Waals surface area (Å²) >= 11 is 0. The predicted octanol–water partition coefficient (Wildman–Crippen LogP) is 1.47. The number of carbonyl (C=O) groups is 3. The number of ether oxygens (including phenoxy) is 5. The highest BCUT2D eigenvalue weighted by molar-refractivity contribution is 5.90. The van der Waals surface area contributed by atoms with Crippen LogP contribution in [0.4, 0.5) is 0 Å². The molecule has 0 radical (unpaired) electrons. The van der Waals surface area contributed by atoms with Crippen molar-refractivity contribution in [2.24, 2.45) is 10.8 Å². The number of cyclic esters (lactones) is 1. The van der Waals surface area contributed by atoms with Crippen molar-refractivity contribution < 1.29 is 48.3 Å². The Hall–Kier alpha value is -2.37. The molecule has 39 heavy (non-hydrogen) atoms. The Bertz CT molecular complexity index is 1170. The quantitative estimate of drug-likeness (QED) is 0.298. The van der Waals surface area contributed by atoms with Gasteiger partial charge in [-0.15, -0.1) is 0 Å². The van der Waals surface area contributed by atoms with Crippen LogP contribution in [-0.4, -0.2) is 90.0 Å². The maximum Gasteiger partial charge on any atom is 0.330 e. The molecule has 4 bridgehead atoms. The highest BCUT2D eigenvalue weighted by Crippen LogP contribution is 2.72. The third-order valence-electron chi connectivity index (χ3n) is 10.3. The van der Waals surface area contributed by atoms with Crippen molar-refractivity contribution in [2.75, 3.05) is 26.4 Å². The first-order chi connectivity index (χ1) is 18.6. The number of fused-ring (bicyclic) bond motifs is 2. The van der Waals surface area contributed by atoms with Gasteiger partial charge in [-0.05, 0) is 44.6 Å². The molecule has 3 saturated heterocycles. The SMILES string of the molecule is CC1=C[C@H]2O[C@@H]3C[C@H]4OC(=O)C=CCC[C@]5(C(=O)CO)OCCC(=CC(=O)OC[C@@]2(CC1)[C@]4(C)[C@]31CO1)[C@H]5O. The average Bonchev–Trinajstić information content (AvgIpc) is 3.69. The molecular formula is C29H36O10. The molecule has 212 valence electrons. The Kier molecular flexibility index (Phi) is 6.43. The fourth-order valence-electron chi connectivity index (χ4n) is 7.92. The van der Waals surface area contributed by atoms with E-state index in [2.05, 4.69) is 19.9 Å². The summed E-state index contributed by atoms with van der Waals surface area (Å²) in [4.78, 5) is 39.1. The van der Waals surface area contributed by atoms with Crippen LogP contribution in [0.1, 0.15) is 52.4 Å². The van der Waals surface area contributed by atoms with Crippen LogP contribution < -0.4 is 0 Å². The Morgan fingerprint density at radius 3 is 2.64 bits per heavy atom. The van der Waals surface area contributed by atoms with Gasteiger partial charge in [0.05, 0.1) is 30.8 Å². The van der Waals surface area contributed by atoms with Gasteiger partial charge in [-0.25, -0.2) is 9.59 Å². The van der Waals surface area contributed by atoms with Crippen molar-refractivity contribution in [1.29, 1.82) is 0 Å². The first-order valence-electron chi connectivity index (χ1n) is 13.8. The minimum atomic E-state index is -1.73.